The van der Waals surface area contributed by atoms with Crippen molar-refractivity contribution >= 4 is 23.9 Å². The molecular weight excluding hydrogens is 622 g/mol. The van der Waals surface area contributed by atoms with E-state index in [2.05, 4.69) is 0 Å². The number of esters is 4. The molecule has 9 heteroatoms. The molecule has 0 radical (unpaired) electrons. The van der Waals surface area contributed by atoms with Gasteiger partial charge in [0.2, 0.25) is 0 Å². The lowest BCUT2D eigenvalue weighted by atomic mass is 10.1. The Hall–Kier alpha value is -5.96. The molecule has 5 aromatic rings. The molecule has 0 unspecified atom stereocenters. The molecule has 0 aliphatic heterocycles. The number of carbonyl (C=O) groups excluding carboxylic acids is 4. The highest BCUT2D eigenvalue weighted by atomic mass is 16.6. The fourth-order valence-electron chi connectivity index (χ4n) is 5.20. The second kappa shape index (κ2) is 15.8. The number of rotatable bonds is 12. The Labute approximate surface area is 285 Å². The summed E-state index contributed by atoms with van der Waals surface area (Å²) in [7, 11) is 0. The minimum Gasteiger partial charge on any atom is -0.457 e. The molecule has 0 amide bonds. The van der Waals surface area contributed by atoms with Gasteiger partial charge in [0, 0.05) is 5.54 Å². The first-order chi connectivity index (χ1) is 23.6. The van der Waals surface area contributed by atoms with Crippen molar-refractivity contribution < 1.29 is 38.1 Å². The Morgan fingerprint density at radius 2 is 0.673 bits per heavy atom. The Morgan fingerprint density at radius 3 is 0.918 bits per heavy atom. The van der Waals surface area contributed by atoms with Crippen LogP contribution in [-0.4, -0.2) is 28.4 Å². The second-order valence-corrected chi connectivity index (χ2v) is 12.2. The highest BCUT2D eigenvalue weighted by Crippen LogP contribution is 2.33. The normalized spacial score (nSPS) is 11.0. The largest absolute Gasteiger partial charge is 0.457 e. The molecule has 0 aliphatic rings. The summed E-state index contributed by atoms with van der Waals surface area (Å²) in [5.41, 5.74) is 0.131. The summed E-state index contributed by atoms with van der Waals surface area (Å²) in [4.78, 5) is 56.4. The number of ether oxygens (including phenoxy) is 4. The van der Waals surface area contributed by atoms with E-state index < -0.39 is 40.5 Å². The van der Waals surface area contributed by atoms with Crippen LogP contribution in [0.25, 0.3) is 0 Å². The fourth-order valence-corrected chi connectivity index (χ4v) is 5.20. The highest BCUT2D eigenvalue weighted by molar-refractivity contribution is 6.15. The van der Waals surface area contributed by atoms with Gasteiger partial charge >= 0.3 is 23.9 Å². The maximum Gasteiger partial charge on any atom is 0.356 e. The minimum absolute atomic E-state index is 0.130. The van der Waals surface area contributed by atoms with Gasteiger partial charge in [-0.3, -0.25) is 0 Å². The summed E-state index contributed by atoms with van der Waals surface area (Å²) in [5.74, 6) is -3.90. The molecule has 0 saturated carbocycles. The van der Waals surface area contributed by atoms with Crippen LogP contribution in [0.15, 0.2) is 121 Å². The molecule has 0 saturated heterocycles. The topological polar surface area (TPSA) is 110 Å². The Bertz CT molecular complexity index is 1760. The molecule has 0 bridgehead atoms. The molecule has 0 fully saturated rings. The van der Waals surface area contributed by atoms with E-state index in [0.717, 1.165) is 0 Å². The summed E-state index contributed by atoms with van der Waals surface area (Å²) in [5, 5.41) is 0. The van der Waals surface area contributed by atoms with Gasteiger partial charge in [0.1, 0.15) is 48.9 Å². The van der Waals surface area contributed by atoms with Crippen LogP contribution in [-0.2, 0) is 50.9 Å². The minimum atomic E-state index is -1.05. The molecule has 0 atom stereocenters. The summed E-state index contributed by atoms with van der Waals surface area (Å²) < 4.78 is 24.1. The van der Waals surface area contributed by atoms with Crippen molar-refractivity contribution in [3.8, 4) is 0 Å². The number of aromatic nitrogens is 1. The van der Waals surface area contributed by atoms with Gasteiger partial charge in [-0.25, -0.2) is 19.2 Å². The van der Waals surface area contributed by atoms with Gasteiger partial charge in [0.05, 0.1) is 0 Å². The third-order valence-corrected chi connectivity index (χ3v) is 7.49. The number of benzene rings is 4. The van der Waals surface area contributed by atoms with Gasteiger partial charge in [-0.15, -0.1) is 0 Å². The zero-order valence-corrected chi connectivity index (χ0v) is 27.6. The van der Waals surface area contributed by atoms with Gasteiger partial charge in [-0.1, -0.05) is 121 Å². The van der Waals surface area contributed by atoms with Crippen molar-refractivity contribution in [2.24, 2.45) is 0 Å². The molecule has 0 aliphatic carbocycles. The third-order valence-electron chi connectivity index (χ3n) is 7.49. The van der Waals surface area contributed by atoms with E-state index in [1.165, 1.54) is 4.57 Å². The monoisotopic (exact) mass is 659 g/mol. The summed E-state index contributed by atoms with van der Waals surface area (Å²) in [6.45, 7) is 4.60. The maximum absolute atomic E-state index is 14.1. The van der Waals surface area contributed by atoms with Crippen LogP contribution >= 0.6 is 0 Å². The van der Waals surface area contributed by atoms with E-state index in [1.54, 1.807) is 118 Å². The standard InChI is InChI=1S/C40H37NO8/c1-40(2,3)41-34(38(44)48-26-30-20-12-6-13-21-30)32(36(42)46-24-28-16-8-4-9-17-28)33(37(43)47-25-29-18-10-5-11-19-29)35(41)39(45)49-27-31-22-14-7-15-23-31/h4-23H,24-27H2,1-3H3. The molecular formula is C40H37NO8. The predicted octanol–water partition coefficient (Wildman–Crippen LogP) is 7.67. The SMILES string of the molecule is CC(C)(C)n1c(C(=O)OCc2ccccc2)c(C(=O)OCc2ccccc2)c(C(=O)OCc2ccccc2)c1C(=O)OCc1ccccc1. The van der Waals surface area contributed by atoms with Crippen LogP contribution < -0.4 is 0 Å². The average molecular weight is 660 g/mol. The van der Waals surface area contributed by atoms with Crippen molar-refractivity contribution in [3.63, 3.8) is 0 Å². The van der Waals surface area contributed by atoms with Gasteiger partial charge in [0.25, 0.3) is 0 Å². The lowest BCUT2D eigenvalue weighted by Crippen LogP contribution is -2.31. The average Bonchev–Trinajstić information content (AvgIpc) is 3.50. The van der Waals surface area contributed by atoms with Crippen LogP contribution in [0.4, 0.5) is 0 Å². The van der Waals surface area contributed by atoms with Crippen molar-refractivity contribution in [2.45, 2.75) is 52.7 Å². The van der Waals surface area contributed by atoms with E-state index in [4.69, 9.17) is 18.9 Å². The molecule has 9 nitrogen and oxygen atoms in total. The number of hydrogen-bond acceptors (Lipinski definition) is 8. The Balaban J connectivity index is 1.65. The number of carbonyl (C=O) groups is 4. The van der Waals surface area contributed by atoms with E-state index >= 15 is 0 Å². The second-order valence-electron chi connectivity index (χ2n) is 12.2. The molecule has 4 aromatic carbocycles. The van der Waals surface area contributed by atoms with E-state index in [9.17, 15) is 19.2 Å². The quantitative estimate of drug-likeness (QED) is 0.0992. The van der Waals surface area contributed by atoms with Gasteiger partial charge < -0.3 is 23.5 Å². The van der Waals surface area contributed by atoms with E-state index in [-0.39, 0.29) is 37.8 Å². The molecule has 0 spiro atoms. The van der Waals surface area contributed by atoms with Crippen LogP contribution in [0, 0.1) is 0 Å². The Morgan fingerprint density at radius 1 is 0.429 bits per heavy atom. The lowest BCUT2D eigenvalue weighted by molar-refractivity contribution is 0.0399. The van der Waals surface area contributed by atoms with Crippen molar-refractivity contribution in [3.05, 3.63) is 166 Å². The Kier molecular flexibility index (Phi) is 11.1. The van der Waals surface area contributed by atoms with E-state index in [1.807, 2.05) is 24.3 Å². The van der Waals surface area contributed by atoms with E-state index in [0.29, 0.717) is 22.3 Å². The van der Waals surface area contributed by atoms with Crippen molar-refractivity contribution in [2.75, 3.05) is 0 Å². The smallest absolute Gasteiger partial charge is 0.356 e. The molecule has 1 heterocycles. The predicted molar refractivity (Wildman–Crippen MR) is 182 cm³/mol. The first-order valence-electron chi connectivity index (χ1n) is 15.8. The van der Waals surface area contributed by atoms with Crippen LogP contribution in [0.5, 0.6) is 0 Å². The third kappa shape index (κ3) is 8.70. The van der Waals surface area contributed by atoms with Crippen LogP contribution in [0.2, 0.25) is 0 Å². The lowest BCUT2D eigenvalue weighted by Gasteiger charge is -2.26. The maximum atomic E-state index is 14.1. The van der Waals surface area contributed by atoms with Crippen LogP contribution in [0.1, 0.15) is 84.7 Å². The molecule has 250 valence electrons. The highest BCUT2D eigenvalue weighted by Gasteiger charge is 2.43. The first-order valence-corrected chi connectivity index (χ1v) is 15.8. The molecule has 0 N–H and O–H groups in total. The fraction of sp³-hybridized carbons (Fsp3) is 0.200. The molecule has 1 aromatic heterocycles. The van der Waals surface area contributed by atoms with Crippen LogP contribution in [0.3, 0.4) is 0 Å². The van der Waals surface area contributed by atoms with Gasteiger partial charge in [-0.2, -0.15) is 0 Å². The summed E-state index contributed by atoms with van der Waals surface area (Å²) >= 11 is 0. The van der Waals surface area contributed by atoms with Crippen molar-refractivity contribution in [1.82, 2.24) is 4.57 Å². The first kappa shape index (κ1) is 34.4. The van der Waals surface area contributed by atoms with Gasteiger partial charge in [-0.05, 0) is 43.0 Å². The number of nitrogens with zero attached hydrogens (tertiary/aromatic N) is 1. The molecule has 5 rings (SSSR count). The zero-order valence-electron chi connectivity index (χ0n) is 27.6. The molecule has 49 heavy (non-hydrogen) atoms. The van der Waals surface area contributed by atoms with Gasteiger partial charge in [0.15, 0.2) is 0 Å². The summed E-state index contributed by atoms with van der Waals surface area (Å²) in [6, 6.07) is 35.9. The zero-order chi connectivity index (χ0) is 34.8. The summed E-state index contributed by atoms with van der Waals surface area (Å²) in [6.07, 6.45) is 0. The van der Waals surface area contributed by atoms with Crippen molar-refractivity contribution in [1.29, 1.82) is 0 Å². The number of hydrogen-bond donors (Lipinski definition) is 0.